The number of fused-ring (bicyclic) bond motifs is 2. The molecule has 8 heteroatoms. The van der Waals surface area contributed by atoms with E-state index in [-0.39, 0.29) is 23.9 Å². The Morgan fingerprint density at radius 1 is 0.781 bits per heavy atom. The second kappa shape index (κ2) is 7.89. The molecule has 1 amide bonds. The van der Waals surface area contributed by atoms with Crippen molar-refractivity contribution in [2.75, 3.05) is 26.2 Å². The van der Waals surface area contributed by atoms with E-state index < -0.39 is 15.6 Å². The number of nitrogens with zero attached hydrogens (tertiary/aromatic N) is 2. The molecule has 2 heterocycles. The number of benzene rings is 3. The molecule has 0 bridgehead atoms. The van der Waals surface area contributed by atoms with Crippen LogP contribution in [-0.4, -0.2) is 49.7 Å². The molecule has 4 aromatic rings. The molecule has 1 aromatic heterocycles. The number of rotatable bonds is 3. The Kier molecular flexibility index (Phi) is 5.03. The molecular formula is C24H20N2O5S. The van der Waals surface area contributed by atoms with E-state index in [2.05, 4.69) is 0 Å². The summed E-state index contributed by atoms with van der Waals surface area (Å²) in [5.74, 6) is -0.103. The first-order valence-corrected chi connectivity index (χ1v) is 11.7. The second-order valence-corrected chi connectivity index (χ2v) is 9.65. The molecule has 1 saturated heterocycles. The van der Waals surface area contributed by atoms with Crippen LogP contribution in [0.1, 0.15) is 10.4 Å². The van der Waals surface area contributed by atoms with Crippen molar-refractivity contribution in [2.45, 2.75) is 4.90 Å². The number of hydrogen-bond donors (Lipinski definition) is 0. The van der Waals surface area contributed by atoms with E-state index in [1.165, 1.54) is 28.6 Å². The minimum atomic E-state index is -3.73. The summed E-state index contributed by atoms with van der Waals surface area (Å²) in [5, 5.41) is 2.59. The van der Waals surface area contributed by atoms with Crippen molar-refractivity contribution < 1.29 is 17.6 Å². The van der Waals surface area contributed by atoms with Crippen molar-refractivity contribution in [1.29, 1.82) is 0 Å². The van der Waals surface area contributed by atoms with Gasteiger partial charge in [-0.3, -0.25) is 4.79 Å². The topological polar surface area (TPSA) is 87.9 Å². The molecule has 0 saturated carbocycles. The number of amides is 1. The van der Waals surface area contributed by atoms with E-state index in [4.69, 9.17) is 4.42 Å². The summed E-state index contributed by atoms with van der Waals surface area (Å²) in [6, 6.07) is 20.7. The summed E-state index contributed by atoms with van der Waals surface area (Å²) >= 11 is 0. The van der Waals surface area contributed by atoms with Gasteiger partial charge >= 0.3 is 5.63 Å². The Balaban J connectivity index is 1.32. The minimum Gasteiger partial charge on any atom is -0.423 e. The van der Waals surface area contributed by atoms with Crippen molar-refractivity contribution in [3.8, 4) is 0 Å². The maximum Gasteiger partial charge on any atom is 0.336 e. The molecule has 1 aliphatic heterocycles. The summed E-state index contributed by atoms with van der Waals surface area (Å²) in [4.78, 5) is 26.1. The fourth-order valence-corrected chi connectivity index (χ4v) is 5.45. The Labute approximate surface area is 184 Å². The molecule has 5 rings (SSSR count). The summed E-state index contributed by atoms with van der Waals surface area (Å²) in [7, 11) is -3.73. The quantitative estimate of drug-likeness (QED) is 0.450. The Morgan fingerprint density at radius 2 is 1.50 bits per heavy atom. The Bertz CT molecular complexity index is 1500. The highest BCUT2D eigenvalue weighted by Gasteiger charge is 2.30. The fraction of sp³-hybridized carbons (Fsp3) is 0.167. The molecule has 0 spiro atoms. The Hall–Kier alpha value is -3.49. The van der Waals surface area contributed by atoms with Crippen molar-refractivity contribution in [3.63, 3.8) is 0 Å². The molecule has 0 atom stereocenters. The highest BCUT2D eigenvalue weighted by molar-refractivity contribution is 7.89. The fourth-order valence-electron chi connectivity index (χ4n) is 4.00. The Morgan fingerprint density at radius 3 is 2.28 bits per heavy atom. The van der Waals surface area contributed by atoms with E-state index in [0.29, 0.717) is 29.6 Å². The largest absolute Gasteiger partial charge is 0.423 e. The minimum absolute atomic E-state index is 0.103. The number of sulfonamides is 1. The maximum absolute atomic E-state index is 13.1. The van der Waals surface area contributed by atoms with Gasteiger partial charge in [0.2, 0.25) is 10.0 Å². The van der Waals surface area contributed by atoms with E-state index in [9.17, 15) is 18.0 Å². The zero-order valence-corrected chi connectivity index (χ0v) is 17.9. The predicted octanol–water partition coefficient (Wildman–Crippen LogP) is 3.09. The third-order valence-electron chi connectivity index (χ3n) is 5.75. The third-order valence-corrected chi connectivity index (χ3v) is 7.65. The monoisotopic (exact) mass is 448 g/mol. The SMILES string of the molecule is O=C(c1ccc2ccccc2c1)N1CCN(S(=O)(=O)c2ccc3oc(=O)ccc3c2)CC1. The van der Waals surface area contributed by atoms with Crippen LogP contribution in [0.25, 0.3) is 21.7 Å². The van der Waals surface area contributed by atoms with Gasteiger partial charge in [-0.15, -0.1) is 0 Å². The summed E-state index contributed by atoms with van der Waals surface area (Å²) in [5.41, 5.74) is 0.443. The molecule has 7 nitrogen and oxygen atoms in total. The van der Waals surface area contributed by atoms with Crippen molar-refractivity contribution in [1.82, 2.24) is 9.21 Å². The summed E-state index contributed by atoms with van der Waals surface area (Å²) in [6.45, 7) is 1.05. The number of carbonyl (C=O) groups is 1. The number of piperazine rings is 1. The van der Waals surface area contributed by atoms with Crippen LogP contribution in [0.15, 0.2) is 86.9 Å². The molecule has 3 aromatic carbocycles. The van der Waals surface area contributed by atoms with Gasteiger partial charge in [0, 0.05) is 43.2 Å². The molecule has 0 unspecified atom stereocenters. The zero-order valence-electron chi connectivity index (χ0n) is 17.1. The van der Waals surface area contributed by atoms with Crippen LogP contribution in [0.5, 0.6) is 0 Å². The molecule has 0 N–H and O–H groups in total. The molecule has 162 valence electrons. The number of carbonyl (C=O) groups excluding carboxylic acids is 1. The van der Waals surface area contributed by atoms with Gasteiger partial charge in [0.05, 0.1) is 4.90 Å². The van der Waals surface area contributed by atoms with Crippen LogP contribution >= 0.6 is 0 Å². The van der Waals surface area contributed by atoms with Crippen LogP contribution in [0.2, 0.25) is 0 Å². The first-order valence-electron chi connectivity index (χ1n) is 10.2. The van der Waals surface area contributed by atoms with E-state index in [0.717, 1.165) is 10.8 Å². The molecule has 0 radical (unpaired) electrons. The third kappa shape index (κ3) is 3.68. The van der Waals surface area contributed by atoms with E-state index in [1.54, 1.807) is 17.0 Å². The second-order valence-electron chi connectivity index (χ2n) is 7.71. The summed E-state index contributed by atoms with van der Waals surface area (Å²) < 4.78 is 32.7. The molecule has 0 aliphatic carbocycles. The van der Waals surface area contributed by atoms with Crippen LogP contribution in [-0.2, 0) is 10.0 Å². The van der Waals surface area contributed by atoms with Gasteiger partial charge in [-0.25, -0.2) is 13.2 Å². The summed E-state index contributed by atoms with van der Waals surface area (Å²) in [6.07, 6.45) is 0. The smallest absolute Gasteiger partial charge is 0.336 e. The lowest BCUT2D eigenvalue weighted by molar-refractivity contribution is 0.0698. The van der Waals surface area contributed by atoms with Crippen molar-refractivity contribution in [3.05, 3.63) is 88.8 Å². The van der Waals surface area contributed by atoms with Gasteiger partial charge in [0.1, 0.15) is 5.58 Å². The molecular weight excluding hydrogens is 428 g/mol. The van der Waals surface area contributed by atoms with Crippen LogP contribution in [0.4, 0.5) is 0 Å². The van der Waals surface area contributed by atoms with Crippen LogP contribution < -0.4 is 5.63 Å². The number of hydrogen-bond acceptors (Lipinski definition) is 5. The first kappa shape index (κ1) is 20.4. The lowest BCUT2D eigenvalue weighted by Gasteiger charge is -2.34. The van der Waals surface area contributed by atoms with Gasteiger partial charge < -0.3 is 9.32 Å². The van der Waals surface area contributed by atoms with Gasteiger partial charge in [-0.2, -0.15) is 4.31 Å². The van der Waals surface area contributed by atoms with E-state index in [1.807, 2.05) is 36.4 Å². The molecule has 1 fully saturated rings. The highest BCUT2D eigenvalue weighted by atomic mass is 32.2. The maximum atomic E-state index is 13.1. The van der Waals surface area contributed by atoms with Crippen LogP contribution in [0, 0.1) is 0 Å². The average molecular weight is 449 g/mol. The lowest BCUT2D eigenvalue weighted by Crippen LogP contribution is -2.50. The predicted molar refractivity (Wildman–Crippen MR) is 121 cm³/mol. The van der Waals surface area contributed by atoms with E-state index >= 15 is 0 Å². The first-order chi connectivity index (χ1) is 15.4. The van der Waals surface area contributed by atoms with Gasteiger partial charge in [-0.05, 0) is 47.2 Å². The highest BCUT2D eigenvalue weighted by Crippen LogP contribution is 2.23. The average Bonchev–Trinajstić information content (AvgIpc) is 2.83. The molecule has 1 aliphatic rings. The molecule has 32 heavy (non-hydrogen) atoms. The van der Waals surface area contributed by atoms with Gasteiger partial charge in [0.15, 0.2) is 0 Å². The van der Waals surface area contributed by atoms with Gasteiger partial charge in [-0.1, -0.05) is 30.3 Å². The lowest BCUT2D eigenvalue weighted by atomic mass is 10.1. The van der Waals surface area contributed by atoms with Crippen molar-refractivity contribution in [2.24, 2.45) is 0 Å². The van der Waals surface area contributed by atoms with Crippen molar-refractivity contribution >= 4 is 37.7 Å². The van der Waals surface area contributed by atoms with Gasteiger partial charge in [0.25, 0.3) is 5.91 Å². The zero-order chi connectivity index (χ0) is 22.3. The normalized spacial score (nSPS) is 15.3. The van der Waals surface area contributed by atoms with Crippen LogP contribution in [0.3, 0.4) is 0 Å². The standard InChI is InChI=1S/C24H20N2O5S/c27-23-10-7-19-16-21(8-9-22(19)31-23)32(29,30)26-13-11-25(12-14-26)24(28)20-6-5-17-3-1-2-4-18(17)15-20/h1-10,15-16H,11-14H2.